The molecule has 2 aliphatic rings. The minimum atomic E-state index is 0. The van der Waals surface area contributed by atoms with Gasteiger partial charge < -0.3 is 19.9 Å². The van der Waals surface area contributed by atoms with Crippen molar-refractivity contribution in [3.8, 4) is 0 Å². The highest BCUT2D eigenvalue weighted by Gasteiger charge is 2.41. The standard InChI is InChI=1S/C20H42N2.2H2O/c1-7-21(13-17(3)18(4)14-21)11-9-10-12-22(8-2)15-19(5)20(6)16-22;;/h17-20H,7-16H2,1-6H3;2*1H2/q+2;;/p-2. The predicted octanol–water partition coefficient (Wildman–Crippen LogP) is 3.66. The van der Waals surface area contributed by atoms with Gasteiger partial charge in [-0.15, -0.1) is 0 Å². The van der Waals surface area contributed by atoms with Crippen LogP contribution in [0.1, 0.15) is 54.4 Å². The number of hydrogen-bond acceptors (Lipinski definition) is 2. The van der Waals surface area contributed by atoms with E-state index in [1.165, 1.54) is 74.2 Å². The summed E-state index contributed by atoms with van der Waals surface area (Å²) in [5.41, 5.74) is 0. The zero-order valence-corrected chi connectivity index (χ0v) is 17.2. The molecule has 0 radical (unpaired) electrons. The zero-order valence-electron chi connectivity index (χ0n) is 17.2. The molecule has 2 saturated heterocycles. The van der Waals surface area contributed by atoms with Crippen LogP contribution in [0.5, 0.6) is 0 Å². The van der Waals surface area contributed by atoms with Gasteiger partial charge >= 0.3 is 0 Å². The Balaban J connectivity index is 0.00000264. The molecule has 4 nitrogen and oxygen atoms in total. The maximum absolute atomic E-state index is 2.46. The predicted molar refractivity (Wildman–Crippen MR) is 101 cm³/mol. The van der Waals surface area contributed by atoms with Gasteiger partial charge in [-0.05, 0) is 13.8 Å². The first-order valence-corrected chi connectivity index (χ1v) is 10.1. The van der Waals surface area contributed by atoms with Gasteiger partial charge in [0.25, 0.3) is 0 Å². The Morgan fingerprint density at radius 2 is 0.833 bits per heavy atom. The molecule has 0 saturated carbocycles. The number of unbranched alkanes of at least 4 members (excludes halogenated alkanes) is 1. The summed E-state index contributed by atoms with van der Waals surface area (Å²) >= 11 is 0. The van der Waals surface area contributed by atoms with Crippen molar-refractivity contribution in [3.63, 3.8) is 0 Å². The molecule has 24 heavy (non-hydrogen) atoms. The molecule has 0 amide bonds. The van der Waals surface area contributed by atoms with Crippen LogP contribution >= 0.6 is 0 Å². The summed E-state index contributed by atoms with van der Waals surface area (Å²) in [6, 6.07) is 0. The maximum atomic E-state index is 2.46. The Morgan fingerprint density at radius 1 is 0.583 bits per heavy atom. The Labute approximate surface area is 151 Å². The maximum Gasteiger partial charge on any atom is 0.0817 e. The van der Waals surface area contributed by atoms with Crippen LogP contribution in [0.15, 0.2) is 0 Å². The Bertz CT molecular complexity index is 308. The van der Waals surface area contributed by atoms with Crippen LogP contribution in [0, 0.1) is 23.7 Å². The summed E-state index contributed by atoms with van der Waals surface area (Å²) < 4.78 is 2.81. The number of likely N-dealkylation sites (tertiary alicyclic amines) is 2. The number of quaternary nitrogens is 2. The van der Waals surface area contributed by atoms with Crippen molar-refractivity contribution in [2.24, 2.45) is 23.7 Å². The van der Waals surface area contributed by atoms with Gasteiger partial charge in [-0.1, -0.05) is 27.7 Å². The van der Waals surface area contributed by atoms with Gasteiger partial charge in [0.15, 0.2) is 0 Å². The van der Waals surface area contributed by atoms with Crippen LogP contribution in [0.25, 0.3) is 0 Å². The van der Waals surface area contributed by atoms with E-state index >= 15 is 0 Å². The van der Waals surface area contributed by atoms with Gasteiger partial charge in [-0.2, -0.15) is 0 Å². The summed E-state index contributed by atoms with van der Waals surface area (Å²) in [6.07, 6.45) is 2.88. The molecule has 0 aromatic carbocycles. The molecule has 0 bridgehead atoms. The van der Waals surface area contributed by atoms with Crippen LogP contribution in [0.2, 0.25) is 0 Å². The van der Waals surface area contributed by atoms with E-state index in [1.807, 2.05) is 0 Å². The van der Waals surface area contributed by atoms with Gasteiger partial charge in [0.2, 0.25) is 0 Å². The molecule has 0 aromatic heterocycles. The smallest absolute Gasteiger partial charge is 0.0817 e. The Kier molecular flexibility index (Phi) is 9.45. The molecular weight excluding hydrogens is 300 g/mol. The third-order valence-corrected chi connectivity index (χ3v) is 7.50. The van der Waals surface area contributed by atoms with Gasteiger partial charge in [-0.3, -0.25) is 0 Å². The van der Waals surface area contributed by atoms with Gasteiger partial charge in [0.05, 0.1) is 52.4 Å². The number of rotatable bonds is 7. The van der Waals surface area contributed by atoms with E-state index < -0.39 is 0 Å². The van der Waals surface area contributed by atoms with E-state index in [-0.39, 0.29) is 11.0 Å². The third-order valence-electron chi connectivity index (χ3n) is 7.50. The molecule has 146 valence electrons. The molecule has 0 aromatic rings. The summed E-state index contributed by atoms with van der Waals surface area (Å²) in [6.45, 7) is 25.9. The van der Waals surface area contributed by atoms with Crippen molar-refractivity contribution in [2.45, 2.75) is 54.4 Å². The first-order chi connectivity index (χ1) is 10.4. The highest BCUT2D eigenvalue weighted by Crippen LogP contribution is 2.31. The normalized spacial score (nSPS) is 41.8. The van der Waals surface area contributed by atoms with Crippen LogP contribution in [0.3, 0.4) is 0 Å². The zero-order chi connectivity index (χ0) is 16.4. The molecule has 0 aliphatic carbocycles. The fraction of sp³-hybridized carbons (Fsp3) is 1.00. The lowest BCUT2D eigenvalue weighted by atomic mass is 10.0. The summed E-state index contributed by atoms with van der Waals surface area (Å²) in [4.78, 5) is 0. The van der Waals surface area contributed by atoms with Gasteiger partial charge in [-0.25, -0.2) is 0 Å². The molecule has 4 atom stereocenters. The van der Waals surface area contributed by atoms with Gasteiger partial charge in [0, 0.05) is 36.5 Å². The SMILES string of the molecule is CC[N+]1(CCCC[N+]2(CC)CC(C)C(C)C2)CC(C)C(C)C1.[OH-].[OH-]. The van der Waals surface area contributed by atoms with E-state index in [0.29, 0.717) is 0 Å². The lowest BCUT2D eigenvalue weighted by Crippen LogP contribution is -2.48. The van der Waals surface area contributed by atoms with Gasteiger partial charge in [0.1, 0.15) is 0 Å². The molecule has 4 unspecified atom stereocenters. The Morgan fingerprint density at radius 3 is 1.04 bits per heavy atom. The summed E-state index contributed by atoms with van der Waals surface area (Å²) in [5, 5.41) is 0. The minimum absolute atomic E-state index is 0. The van der Waals surface area contributed by atoms with Crippen molar-refractivity contribution in [1.82, 2.24) is 0 Å². The van der Waals surface area contributed by atoms with Crippen LogP contribution in [-0.4, -0.2) is 72.3 Å². The lowest BCUT2D eigenvalue weighted by Gasteiger charge is -2.36. The second kappa shape index (κ2) is 9.51. The molecule has 2 N–H and O–H groups in total. The third kappa shape index (κ3) is 5.17. The number of hydrogen-bond donors (Lipinski definition) is 0. The van der Waals surface area contributed by atoms with Crippen LogP contribution in [-0.2, 0) is 0 Å². The van der Waals surface area contributed by atoms with E-state index in [1.54, 1.807) is 0 Å². The first-order valence-electron chi connectivity index (χ1n) is 10.1. The van der Waals surface area contributed by atoms with Crippen LogP contribution < -0.4 is 0 Å². The van der Waals surface area contributed by atoms with Crippen LogP contribution in [0.4, 0.5) is 0 Å². The molecular formula is C20H44N2O2. The second-order valence-electron chi connectivity index (χ2n) is 9.11. The molecule has 2 rings (SSSR count). The summed E-state index contributed by atoms with van der Waals surface area (Å²) in [5.74, 6) is 3.70. The van der Waals surface area contributed by atoms with E-state index in [0.717, 1.165) is 23.7 Å². The van der Waals surface area contributed by atoms with E-state index in [4.69, 9.17) is 0 Å². The molecule has 2 aliphatic heterocycles. The van der Waals surface area contributed by atoms with E-state index in [2.05, 4.69) is 41.5 Å². The molecule has 2 fully saturated rings. The lowest BCUT2D eigenvalue weighted by molar-refractivity contribution is -0.923. The fourth-order valence-corrected chi connectivity index (χ4v) is 5.40. The molecule has 4 heteroatoms. The van der Waals surface area contributed by atoms with Crippen molar-refractivity contribution in [1.29, 1.82) is 0 Å². The second-order valence-corrected chi connectivity index (χ2v) is 9.11. The highest BCUT2D eigenvalue weighted by molar-refractivity contribution is 4.71. The average molecular weight is 345 g/mol. The average Bonchev–Trinajstić information content (AvgIpc) is 2.94. The minimum Gasteiger partial charge on any atom is -0.870 e. The molecule has 2 heterocycles. The summed E-state index contributed by atoms with van der Waals surface area (Å²) in [7, 11) is 0. The number of nitrogens with zero attached hydrogens (tertiary/aromatic N) is 2. The quantitative estimate of drug-likeness (QED) is 0.523. The highest BCUT2D eigenvalue weighted by atomic mass is 16.0. The van der Waals surface area contributed by atoms with Crippen molar-refractivity contribution >= 4 is 0 Å². The largest absolute Gasteiger partial charge is 0.870 e. The fourth-order valence-electron chi connectivity index (χ4n) is 5.40. The van der Waals surface area contributed by atoms with E-state index in [9.17, 15) is 0 Å². The first kappa shape index (κ1) is 23.8. The Hall–Kier alpha value is -0.160. The topological polar surface area (TPSA) is 60.0 Å². The van der Waals surface area contributed by atoms with Crippen molar-refractivity contribution < 1.29 is 19.9 Å². The molecule has 0 spiro atoms. The van der Waals surface area contributed by atoms with Crippen molar-refractivity contribution in [2.75, 3.05) is 52.4 Å². The van der Waals surface area contributed by atoms with Crippen molar-refractivity contribution in [3.05, 3.63) is 0 Å². The monoisotopic (exact) mass is 344 g/mol.